The van der Waals surface area contributed by atoms with E-state index in [9.17, 15) is 18.0 Å². The van der Waals surface area contributed by atoms with Gasteiger partial charge in [0.15, 0.2) is 6.61 Å². The molecule has 7 heteroatoms. The molecular formula is C14H11F3N2O2. The van der Waals surface area contributed by atoms with Gasteiger partial charge in [0, 0.05) is 23.9 Å². The first kappa shape index (κ1) is 14.7. The van der Waals surface area contributed by atoms with E-state index in [0.717, 1.165) is 18.2 Å². The Labute approximate surface area is 118 Å². The van der Waals surface area contributed by atoms with Gasteiger partial charge in [0.2, 0.25) is 0 Å². The lowest BCUT2D eigenvalue weighted by molar-refractivity contribution is -0.118. The standard InChI is InChI=1S/C14H11F3N2O2/c15-8-3-9(16)5-11(4-8)21-7-14(20)19-13-6-10(18)1-2-12(13)17/h1-6H,7,18H2,(H,19,20). The van der Waals surface area contributed by atoms with Gasteiger partial charge in [-0.3, -0.25) is 4.79 Å². The van der Waals surface area contributed by atoms with Gasteiger partial charge in [-0.1, -0.05) is 0 Å². The third-order valence-electron chi connectivity index (χ3n) is 2.47. The van der Waals surface area contributed by atoms with Crippen molar-refractivity contribution in [1.82, 2.24) is 0 Å². The van der Waals surface area contributed by atoms with Crippen LogP contribution >= 0.6 is 0 Å². The van der Waals surface area contributed by atoms with Gasteiger partial charge in [0.1, 0.15) is 23.2 Å². The fourth-order valence-electron chi connectivity index (χ4n) is 1.59. The molecule has 110 valence electrons. The van der Waals surface area contributed by atoms with E-state index in [-0.39, 0.29) is 17.1 Å². The second kappa shape index (κ2) is 6.17. The van der Waals surface area contributed by atoms with Gasteiger partial charge in [0.25, 0.3) is 5.91 Å². The lowest BCUT2D eigenvalue weighted by Crippen LogP contribution is -2.21. The maximum atomic E-state index is 13.4. The molecule has 3 N–H and O–H groups in total. The molecule has 21 heavy (non-hydrogen) atoms. The topological polar surface area (TPSA) is 64.3 Å². The number of hydrogen-bond acceptors (Lipinski definition) is 3. The number of hydrogen-bond donors (Lipinski definition) is 2. The third-order valence-corrected chi connectivity index (χ3v) is 2.47. The summed E-state index contributed by atoms with van der Waals surface area (Å²) in [6.45, 7) is -0.531. The van der Waals surface area contributed by atoms with Crippen LogP contribution in [0.3, 0.4) is 0 Å². The molecule has 1 amide bonds. The largest absolute Gasteiger partial charge is 0.484 e. The minimum absolute atomic E-state index is 0.103. The maximum Gasteiger partial charge on any atom is 0.262 e. The number of nitrogens with two attached hydrogens (primary N) is 1. The Morgan fingerprint density at radius 3 is 2.43 bits per heavy atom. The van der Waals surface area contributed by atoms with Crippen molar-refractivity contribution in [3.05, 3.63) is 53.8 Å². The number of halogens is 3. The van der Waals surface area contributed by atoms with Gasteiger partial charge >= 0.3 is 0 Å². The summed E-state index contributed by atoms with van der Waals surface area (Å²) in [6, 6.07) is 6.23. The number of nitrogens with one attached hydrogen (secondary N) is 1. The number of nitrogen functional groups attached to an aromatic ring is 1. The molecule has 4 nitrogen and oxygen atoms in total. The SMILES string of the molecule is Nc1ccc(F)c(NC(=O)COc2cc(F)cc(F)c2)c1. The Hall–Kier alpha value is -2.70. The predicted octanol–water partition coefficient (Wildman–Crippen LogP) is 2.70. The van der Waals surface area contributed by atoms with Crippen LogP contribution in [0.2, 0.25) is 0 Å². The molecule has 0 aliphatic rings. The van der Waals surface area contributed by atoms with Crippen LogP contribution in [-0.4, -0.2) is 12.5 Å². The summed E-state index contributed by atoms with van der Waals surface area (Å²) in [5.41, 5.74) is 5.64. The third kappa shape index (κ3) is 4.13. The van der Waals surface area contributed by atoms with Crippen LogP contribution in [0.15, 0.2) is 36.4 Å². The number of carbonyl (C=O) groups is 1. The molecule has 0 fully saturated rings. The summed E-state index contributed by atoms with van der Waals surface area (Å²) >= 11 is 0. The first-order valence-corrected chi connectivity index (χ1v) is 5.88. The molecular weight excluding hydrogens is 285 g/mol. The normalized spacial score (nSPS) is 10.2. The number of amides is 1. The molecule has 0 bridgehead atoms. The van der Waals surface area contributed by atoms with Gasteiger partial charge in [-0.05, 0) is 18.2 Å². The molecule has 2 aromatic carbocycles. The number of rotatable bonds is 4. The summed E-state index contributed by atoms with van der Waals surface area (Å²) in [5, 5.41) is 2.24. The number of anilines is 2. The summed E-state index contributed by atoms with van der Waals surface area (Å²) in [7, 11) is 0. The summed E-state index contributed by atoms with van der Waals surface area (Å²) in [4.78, 5) is 11.6. The fourth-order valence-corrected chi connectivity index (χ4v) is 1.59. The monoisotopic (exact) mass is 296 g/mol. The van der Waals surface area contributed by atoms with Crippen LogP contribution < -0.4 is 15.8 Å². The quantitative estimate of drug-likeness (QED) is 0.853. The highest BCUT2D eigenvalue weighted by Crippen LogP contribution is 2.18. The molecule has 0 atom stereocenters. The Morgan fingerprint density at radius 2 is 1.76 bits per heavy atom. The van der Waals surface area contributed by atoms with Crippen LogP contribution in [0.5, 0.6) is 5.75 Å². The lowest BCUT2D eigenvalue weighted by Gasteiger charge is -2.09. The Morgan fingerprint density at radius 1 is 1.10 bits per heavy atom. The van der Waals surface area contributed by atoms with Crippen LogP contribution in [-0.2, 0) is 4.79 Å². The number of benzene rings is 2. The summed E-state index contributed by atoms with van der Waals surface area (Å²) in [5.74, 6) is -3.14. The van der Waals surface area contributed by atoms with E-state index in [1.165, 1.54) is 12.1 Å². The molecule has 0 spiro atoms. The zero-order valence-corrected chi connectivity index (χ0v) is 10.7. The summed E-state index contributed by atoms with van der Waals surface area (Å²) < 4.78 is 44.1. The van der Waals surface area contributed by atoms with Gasteiger partial charge < -0.3 is 15.8 Å². The minimum atomic E-state index is -0.827. The van der Waals surface area contributed by atoms with E-state index in [4.69, 9.17) is 10.5 Å². The van der Waals surface area contributed by atoms with Crippen molar-refractivity contribution >= 4 is 17.3 Å². The molecule has 0 aromatic heterocycles. The lowest BCUT2D eigenvalue weighted by atomic mass is 10.2. The highest BCUT2D eigenvalue weighted by molar-refractivity contribution is 5.92. The second-order valence-electron chi connectivity index (χ2n) is 4.18. The van der Waals surface area contributed by atoms with Crippen LogP contribution in [0.25, 0.3) is 0 Å². The van der Waals surface area contributed by atoms with E-state index in [1.54, 1.807) is 0 Å². The van der Waals surface area contributed by atoms with Crippen LogP contribution in [0.4, 0.5) is 24.5 Å². The molecule has 0 radical (unpaired) electrons. The molecule has 0 aliphatic carbocycles. The van der Waals surface area contributed by atoms with Crippen molar-refractivity contribution in [2.24, 2.45) is 0 Å². The molecule has 0 aliphatic heterocycles. The van der Waals surface area contributed by atoms with E-state index in [0.29, 0.717) is 6.07 Å². The Bertz CT molecular complexity index is 657. The second-order valence-corrected chi connectivity index (χ2v) is 4.18. The van der Waals surface area contributed by atoms with Crippen molar-refractivity contribution in [3.8, 4) is 5.75 Å². The highest BCUT2D eigenvalue weighted by atomic mass is 19.1. The fraction of sp³-hybridized carbons (Fsp3) is 0.0714. The Balaban J connectivity index is 1.97. The number of carbonyl (C=O) groups excluding carboxylic acids is 1. The molecule has 0 saturated heterocycles. The van der Waals surface area contributed by atoms with E-state index >= 15 is 0 Å². The average Bonchev–Trinajstić information content (AvgIpc) is 2.40. The zero-order valence-electron chi connectivity index (χ0n) is 10.7. The minimum Gasteiger partial charge on any atom is -0.484 e. The van der Waals surface area contributed by atoms with Crippen LogP contribution in [0, 0.1) is 17.5 Å². The molecule has 2 rings (SSSR count). The Kier molecular flexibility index (Phi) is 4.32. The smallest absolute Gasteiger partial charge is 0.262 e. The van der Waals surface area contributed by atoms with Crippen molar-refractivity contribution in [3.63, 3.8) is 0 Å². The van der Waals surface area contributed by atoms with Crippen LogP contribution in [0.1, 0.15) is 0 Å². The highest BCUT2D eigenvalue weighted by Gasteiger charge is 2.09. The molecule has 0 saturated carbocycles. The van der Waals surface area contributed by atoms with Gasteiger partial charge in [-0.2, -0.15) is 0 Å². The summed E-state index contributed by atoms with van der Waals surface area (Å²) in [6.07, 6.45) is 0. The first-order valence-electron chi connectivity index (χ1n) is 5.88. The predicted molar refractivity (Wildman–Crippen MR) is 71.3 cm³/mol. The van der Waals surface area contributed by atoms with Gasteiger partial charge in [0.05, 0.1) is 5.69 Å². The molecule has 0 heterocycles. The first-order chi connectivity index (χ1) is 9.94. The zero-order chi connectivity index (χ0) is 15.4. The van der Waals surface area contributed by atoms with Crippen molar-refractivity contribution < 1.29 is 22.7 Å². The maximum absolute atomic E-state index is 13.4. The van der Waals surface area contributed by atoms with E-state index in [2.05, 4.69) is 5.32 Å². The van der Waals surface area contributed by atoms with E-state index in [1.807, 2.05) is 0 Å². The van der Waals surface area contributed by atoms with Crippen molar-refractivity contribution in [2.45, 2.75) is 0 Å². The van der Waals surface area contributed by atoms with Crippen molar-refractivity contribution in [2.75, 3.05) is 17.7 Å². The average molecular weight is 296 g/mol. The van der Waals surface area contributed by atoms with Gasteiger partial charge in [-0.25, -0.2) is 13.2 Å². The molecule has 2 aromatic rings. The molecule has 0 unspecified atom stereocenters. The number of ether oxygens (including phenoxy) is 1. The van der Waals surface area contributed by atoms with E-state index < -0.39 is 30.0 Å². The van der Waals surface area contributed by atoms with Crippen molar-refractivity contribution in [1.29, 1.82) is 0 Å². The van der Waals surface area contributed by atoms with Gasteiger partial charge in [-0.15, -0.1) is 0 Å².